The number of benzene rings is 3. The molecule has 0 aromatic heterocycles. The number of methoxy groups -OCH3 is 1. The summed E-state index contributed by atoms with van der Waals surface area (Å²) in [4.78, 5) is 0.0517. The van der Waals surface area contributed by atoms with Gasteiger partial charge < -0.3 is 4.74 Å². The molecule has 1 nitrogen and oxygen atoms in total. The van der Waals surface area contributed by atoms with Gasteiger partial charge in [-0.15, -0.1) is 0 Å². The fourth-order valence-electron chi connectivity index (χ4n) is 2.53. The van der Waals surface area contributed by atoms with Crippen LogP contribution in [0.3, 0.4) is 0 Å². The summed E-state index contributed by atoms with van der Waals surface area (Å²) in [6.07, 6.45) is 0. The Morgan fingerprint density at radius 3 is 2.52 bits per heavy atom. The lowest BCUT2D eigenvalue weighted by molar-refractivity contribution is 0.410. The van der Waals surface area contributed by atoms with E-state index in [1.807, 2.05) is 18.2 Å². The van der Waals surface area contributed by atoms with Crippen molar-refractivity contribution in [1.82, 2.24) is 0 Å². The number of rotatable bonds is 3. The van der Waals surface area contributed by atoms with Crippen molar-refractivity contribution in [2.24, 2.45) is 0 Å². The molecule has 0 fully saturated rings. The van der Waals surface area contributed by atoms with E-state index in [9.17, 15) is 0 Å². The lowest BCUT2D eigenvalue weighted by Crippen LogP contribution is -1.98. The molecule has 0 aliphatic rings. The largest absolute Gasteiger partial charge is 0.496 e. The van der Waals surface area contributed by atoms with Crippen molar-refractivity contribution in [1.29, 1.82) is 0 Å². The predicted octanol–water partition coefficient (Wildman–Crippen LogP) is 5.99. The van der Waals surface area contributed by atoms with Gasteiger partial charge in [0.25, 0.3) is 0 Å². The van der Waals surface area contributed by atoms with Crippen LogP contribution in [0.15, 0.2) is 60.7 Å². The van der Waals surface area contributed by atoms with Crippen molar-refractivity contribution in [3.63, 3.8) is 0 Å². The Balaban J connectivity index is 2.15. The first kappa shape index (κ1) is 14.4. The van der Waals surface area contributed by atoms with Crippen LogP contribution in [-0.4, -0.2) is 7.11 Å². The van der Waals surface area contributed by atoms with Gasteiger partial charge in [-0.05, 0) is 28.5 Å². The first-order valence-electron chi connectivity index (χ1n) is 6.66. The van der Waals surface area contributed by atoms with Crippen molar-refractivity contribution >= 4 is 38.3 Å². The molecular weight excluding hydrogens is 348 g/mol. The van der Waals surface area contributed by atoms with Gasteiger partial charge in [-0.3, -0.25) is 0 Å². The summed E-state index contributed by atoms with van der Waals surface area (Å²) in [5, 5.41) is 3.14. The molecule has 1 unspecified atom stereocenters. The second-order valence-electron chi connectivity index (χ2n) is 4.82. The zero-order chi connectivity index (χ0) is 14.8. The predicted molar refractivity (Wildman–Crippen MR) is 92.7 cm³/mol. The molecule has 0 saturated carbocycles. The van der Waals surface area contributed by atoms with Crippen LogP contribution < -0.4 is 4.74 Å². The molecule has 0 radical (unpaired) electrons. The third-order valence-electron chi connectivity index (χ3n) is 3.56. The highest BCUT2D eigenvalue weighted by Gasteiger charge is 2.17. The Kier molecular flexibility index (Phi) is 4.18. The molecule has 0 saturated heterocycles. The van der Waals surface area contributed by atoms with Gasteiger partial charge in [-0.2, -0.15) is 0 Å². The van der Waals surface area contributed by atoms with Gasteiger partial charge in [0.2, 0.25) is 0 Å². The van der Waals surface area contributed by atoms with E-state index in [2.05, 4.69) is 58.4 Å². The highest BCUT2D eigenvalue weighted by molar-refractivity contribution is 9.09. The van der Waals surface area contributed by atoms with Gasteiger partial charge in [0.15, 0.2) is 0 Å². The van der Waals surface area contributed by atoms with Crippen LogP contribution in [-0.2, 0) is 0 Å². The maximum atomic E-state index is 6.05. The van der Waals surface area contributed by atoms with Gasteiger partial charge >= 0.3 is 0 Å². The Bertz CT molecular complexity index is 780. The summed E-state index contributed by atoms with van der Waals surface area (Å²) in [6.45, 7) is 0. The lowest BCUT2D eigenvalue weighted by Gasteiger charge is -2.17. The number of ether oxygens (including phenoxy) is 1. The second-order valence-corrected chi connectivity index (χ2v) is 6.17. The topological polar surface area (TPSA) is 9.23 Å². The minimum Gasteiger partial charge on any atom is -0.496 e. The number of hydrogen-bond acceptors (Lipinski definition) is 1. The van der Waals surface area contributed by atoms with Crippen molar-refractivity contribution in [3.8, 4) is 5.75 Å². The second kappa shape index (κ2) is 6.08. The van der Waals surface area contributed by atoms with Crippen molar-refractivity contribution in [3.05, 3.63) is 76.8 Å². The first-order chi connectivity index (χ1) is 10.2. The average molecular weight is 362 g/mol. The summed E-state index contributed by atoms with van der Waals surface area (Å²) in [7, 11) is 1.66. The SMILES string of the molecule is COc1cc(Cl)ccc1C(Br)c1cccc2ccccc12. The van der Waals surface area contributed by atoms with Gasteiger partial charge in [-0.25, -0.2) is 0 Å². The van der Waals surface area contributed by atoms with Crippen LogP contribution in [0.25, 0.3) is 10.8 Å². The smallest absolute Gasteiger partial charge is 0.125 e. The van der Waals surface area contributed by atoms with E-state index in [-0.39, 0.29) is 4.83 Å². The minimum absolute atomic E-state index is 0.0517. The maximum Gasteiger partial charge on any atom is 0.125 e. The molecule has 3 aromatic carbocycles. The standard InChI is InChI=1S/C18H14BrClO/c1-21-17-11-13(20)9-10-16(17)18(19)15-8-4-6-12-5-2-3-7-14(12)15/h2-11,18H,1H3. The average Bonchev–Trinajstić information content (AvgIpc) is 2.53. The molecule has 0 aliphatic heterocycles. The van der Waals surface area contributed by atoms with E-state index in [4.69, 9.17) is 16.3 Å². The quantitative estimate of drug-likeness (QED) is 0.521. The molecule has 0 N–H and O–H groups in total. The Hall–Kier alpha value is -1.51. The van der Waals surface area contributed by atoms with E-state index in [0.29, 0.717) is 5.02 Å². The van der Waals surface area contributed by atoms with Crippen molar-refractivity contribution < 1.29 is 4.74 Å². The molecule has 0 spiro atoms. The van der Waals surface area contributed by atoms with Crippen LogP contribution in [0.1, 0.15) is 16.0 Å². The minimum atomic E-state index is 0.0517. The summed E-state index contributed by atoms with van der Waals surface area (Å²) < 4.78 is 5.47. The lowest BCUT2D eigenvalue weighted by atomic mass is 9.98. The van der Waals surface area contributed by atoms with Gasteiger partial charge in [-0.1, -0.05) is 76.1 Å². The zero-order valence-corrected chi connectivity index (χ0v) is 13.9. The van der Waals surface area contributed by atoms with E-state index in [1.54, 1.807) is 7.11 Å². The molecule has 3 rings (SSSR count). The summed E-state index contributed by atoms with van der Waals surface area (Å²) in [5.74, 6) is 0.789. The third-order valence-corrected chi connectivity index (χ3v) is 4.79. The van der Waals surface area contributed by atoms with Crippen LogP contribution in [0.5, 0.6) is 5.75 Å². The third kappa shape index (κ3) is 2.78. The van der Waals surface area contributed by atoms with Crippen molar-refractivity contribution in [2.75, 3.05) is 7.11 Å². The number of halogens is 2. The molecule has 3 heteroatoms. The Morgan fingerprint density at radius 2 is 1.71 bits per heavy atom. The molecule has 106 valence electrons. The summed E-state index contributed by atoms with van der Waals surface area (Å²) in [6, 6.07) is 20.4. The monoisotopic (exact) mass is 360 g/mol. The highest BCUT2D eigenvalue weighted by Crippen LogP contribution is 2.40. The van der Waals surface area contributed by atoms with E-state index < -0.39 is 0 Å². The van der Waals surface area contributed by atoms with Gasteiger partial charge in [0.1, 0.15) is 5.75 Å². The van der Waals surface area contributed by atoms with E-state index >= 15 is 0 Å². The normalized spacial score (nSPS) is 12.3. The fourth-order valence-corrected chi connectivity index (χ4v) is 3.47. The molecule has 0 heterocycles. The molecule has 0 amide bonds. The van der Waals surface area contributed by atoms with E-state index in [1.165, 1.54) is 16.3 Å². The Labute approximate surface area is 137 Å². The summed E-state index contributed by atoms with van der Waals surface area (Å²) in [5.41, 5.74) is 2.28. The van der Waals surface area contributed by atoms with Gasteiger partial charge in [0, 0.05) is 10.6 Å². The molecular formula is C18H14BrClO. The number of alkyl halides is 1. The van der Waals surface area contributed by atoms with Crippen LogP contribution in [0.4, 0.5) is 0 Å². The molecule has 0 aliphatic carbocycles. The fraction of sp³-hybridized carbons (Fsp3) is 0.111. The maximum absolute atomic E-state index is 6.05. The van der Waals surface area contributed by atoms with Crippen LogP contribution >= 0.6 is 27.5 Å². The summed E-state index contributed by atoms with van der Waals surface area (Å²) >= 11 is 9.85. The van der Waals surface area contributed by atoms with Crippen LogP contribution in [0, 0.1) is 0 Å². The van der Waals surface area contributed by atoms with E-state index in [0.717, 1.165) is 11.3 Å². The zero-order valence-electron chi connectivity index (χ0n) is 11.5. The molecule has 21 heavy (non-hydrogen) atoms. The van der Waals surface area contributed by atoms with Crippen LogP contribution in [0.2, 0.25) is 5.02 Å². The number of hydrogen-bond donors (Lipinski definition) is 0. The Morgan fingerprint density at radius 1 is 0.952 bits per heavy atom. The van der Waals surface area contributed by atoms with Crippen molar-refractivity contribution in [2.45, 2.75) is 4.83 Å². The van der Waals surface area contributed by atoms with Gasteiger partial charge in [0.05, 0.1) is 11.9 Å². The molecule has 3 aromatic rings. The first-order valence-corrected chi connectivity index (χ1v) is 7.95. The highest BCUT2D eigenvalue weighted by atomic mass is 79.9. The molecule has 0 bridgehead atoms. The number of fused-ring (bicyclic) bond motifs is 1. The molecule has 1 atom stereocenters.